The number of nitrogens with one attached hydrogen (secondary N) is 2. The van der Waals surface area contributed by atoms with Crippen molar-refractivity contribution in [1.82, 2.24) is 0 Å². The topological polar surface area (TPSA) is 67.2 Å². The van der Waals surface area contributed by atoms with Crippen molar-refractivity contribution in [3.05, 3.63) is 50.7 Å². The molecular formula is C15H19N3O2S. The van der Waals surface area contributed by atoms with E-state index in [1.807, 2.05) is 31.4 Å². The summed E-state index contributed by atoms with van der Waals surface area (Å²) < 4.78 is 0. The Labute approximate surface area is 128 Å². The molecule has 0 bridgehead atoms. The second-order valence-corrected chi connectivity index (χ2v) is 5.85. The highest BCUT2D eigenvalue weighted by Crippen LogP contribution is 2.33. The van der Waals surface area contributed by atoms with Gasteiger partial charge in [-0.15, -0.1) is 11.3 Å². The Hall–Kier alpha value is -2.08. The maximum atomic E-state index is 11.3. The van der Waals surface area contributed by atoms with Crippen molar-refractivity contribution < 1.29 is 4.92 Å². The summed E-state index contributed by atoms with van der Waals surface area (Å²) in [6.07, 6.45) is 0.847. The highest BCUT2D eigenvalue weighted by Gasteiger charge is 2.20. The van der Waals surface area contributed by atoms with Gasteiger partial charge in [-0.1, -0.05) is 12.1 Å². The Balaban J connectivity index is 2.18. The van der Waals surface area contributed by atoms with E-state index in [9.17, 15) is 10.1 Å². The standard InChI is InChI=1S/C15H19N3O2S/c1-3-16-13-7-4-8-14(15(13)18(19)20)17-11(2)10-12-6-5-9-21-12/h4-9,11,16-17H,3,10H2,1-2H3. The summed E-state index contributed by atoms with van der Waals surface area (Å²) in [5, 5.41) is 19.7. The molecule has 0 aliphatic heterocycles. The van der Waals surface area contributed by atoms with Crippen molar-refractivity contribution in [2.24, 2.45) is 0 Å². The monoisotopic (exact) mass is 305 g/mol. The normalized spacial score (nSPS) is 11.9. The van der Waals surface area contributed by atoms with Gasteiger partial charge in [0.25, 0.3) is 0 Å². The van der Waals surface area contributed by atoms with Crippen molar-refractivity contribution in [2.75, 3.05) is 17.2 Å². The Kier molecular flexibility index (Phi) is 5.16. The largest absolute Gasteiger partial charge is 0.380 e. The van der Waals surface area contributed by atoms with Gasteiger partial charge in [0, 0.05) is 23.9 Å². The van der Waals surface area contributed by atoms with E-state index >= 15 is 0 Å². The van der Waals surface area contributed by atoms with Crippen molar-refractivity contribution in [3.63, 3.8) is 0 Å². The number of hydrogen-bond acceptors (Lipinski definition) is 5. The summed E-state index contributed by atoms with van der Waals surface area (Å²) in [5.41, 5.74) is 1.22. The fourth-order valence-electron chi connectivity index (χ4n) is 2.24. The van der Waals surface area contributed by atoms with Gasteiger partial charge < -0.3 is 10.6 Å². The van der Waals surface area contributed by atoms with Crippen LogP contribution in [0.3, 0.4) is 0 Å². The summed E-state index contributed by atoms with van der Waals surface area (Å²) in [7, 11) is 0. The van der Waals surface area contributed by atoms with Crippen LogP contribution < -0.4 is 10.6 Å². The van der Waals surface area contributed by atoms with Crippen LogP contribution in [-0.4, -0.2) is 17.5 Å². The third-order valence-electron chi connectivity index (χ3n) is 3.08. The van der Waals surface area contributed by atoms with Crippen LogP contribution in [0, 0.1) is 10.1 Å². The van der Waals surface area contributed by atoms with E-state index in [-0.39, 0.29) is 16.7 Å². The van der Waals surface area contributed by atoms with Gasteiger partial charge in [0.15, 0.2) is 0 Å². The first-order valence-corrected chi connectivity index (χ1v) is 7.80. The average Bonchev–Trinajstić information content (AvgIpc) is 2.91. The number of para-hydroxylation sites is 1. The highest BCUT2D eigenvalue weighted by molar-refractivity contribution is 7.09. The number of nitro benzene ring substituents is 1. The van der Waals surface area contributed by atoms with Gasteiger partial charge in [-0.3, -0.25) is 10.1 Å². The van der Waals surface area contributed by atoms with E-state index in [4.69, 9.17) is 0 Å². The first kappa shape index (κ1) is 15.3. The molecule has 2 rings (SSSR count). The molecule has 1 heterocycles. The number of benzene rings is 1. The molecule has 0 saturated carbocycles. The minimum Gasteiger partial charge on any atom is -0.380 e. The molecule has 0 fully saturated rings. The predicted molar refractivity (Wildman–Crippen MR) is 88.4 cm³/mol. The van der Waals surface area contributed by atoms with E-state index in [0.717, 1.165) is 6.42 Å². The quantitative estimate of drug-likeness (QED) is 0.596. The number of nitrogens with zero attached hydrogens (tertiary/aromatic N) is 1. The van der Waals surface area contributed by atoms with E-state index in [2.05, 4.69) is 16.7 Å². The maximum Gasteiger partial charge on any atom is 0.315 e. The van der Waals surface area contributed by atoms with Crippen LogP contribution in [0.25, 0.3) is 0 Å². The molecule has 1 atom stereocenters. The minimum absolute atomic E-state index is 0.109. The van der Waals surface area contributed by atoms with E-state index in [1.165, 1.54) is 4.88 Å². The number of hydrogen-bond donors (Lipinski definition) is 2. The van der Waals surface area contributed by atoms with Crippen molar-refractivity contribution >= 4 is 28.4 Å². The molecule has 6 heteroatoms. The van der Waals surface area contributed by atoms with Gasteiger partial charge in [0.05, 0.1) is 4.92 Å². The molecule has 0 amide bonds. The smallest absolute Gasteiger partial charge is 0.315 e. The number of thiophene rings is 1. The number of rotatable bonds is 7. The van der Waals surface area contributed by atoms with Crippen LogP contribution in [0.2, 0.25) is 0 Å². The fraction of sp³-hybridized carbons (Fsp3) is 0.333. The maximum absolute atomic E-state index is 11.3. The first-order chi connectivity index (χ1) is 10.1. The van der Waals surface area contributed by atoms with Gasteiger partial charge in [-0.25, -0.2) is 0 Å². The molecule has 1 unspecified atom stereocenters. The van der Waals surface area contributed by atoms with E-state index in [0.29, 0.717) is 17.9 Å². The van der Waals surface area contributed by atoms with Crippen LogP contribution in [-0.2, 0) is 6.42 Å². The van der Waals surface area contributed by atoms with Crippen LogP contribution >= 0.6 is 11.3 Å². The third-order valence-corrected chi connectivity index (χ3v) is 3.97. The number of nitro groups is 1. The second-order valence-electron chi connectivity index (χ2n) is 4.82. The zero-order chi connectivity index (χ0) is 15.2. The molecule has 0 aliphatic carbocycles. The van der Waals surface area contributed by atoms with E-state index in [1.54, 1.807) is 23.5 Å². The molecule has 112 valence electrons. The second kappa shape index (κ2) is 7.08. The summed E-state index contributed by atoms with van der Waals surface area (Å²) in [6, 6.07) is 9.53. The summed E-state index contributed by atoms with van der Waals surface area (Å²) in [5.74, 6) is 0. The van der Waals surface area contributed by atoms with Gasteiger partial charge in [-0.05, 0) is 37.4 Å². The molecule has 2 aromatic rings. The highest BCUT2D eigenvalue weighted by atomic mass is 32.1. The zero-order valence-electron chi connectivity index (χ0n) is 12.1. The predicted octanol–water partition coefficient (Wildman–Crippen LogP) is 4.13. The lowest BCUT2D eigenvalue weighted by Gasteiger charge is -2.16. The zero-order valence-corrected chi connectivity index (χ0v) is 12.9. The Morgan fingerprint density at radius 1 is 1.29 bits per heavy atom. The summed E-state index contributed by atoms with van der Waals surface area (Å²) >= 11 is 1.70. The third kappa shape index (κ3) is 3.95. The Morgan fingerprint density at radius 2 is 2.05 bits per heavy atom. The fourth-order valence-corrected chi connectivity index (χ4v) is 3.07. The van der Waals surface area contributed by atoms with Crippen molar-refractivity contribution in [2.45, 2.75) is 26.3 Å². The van der Waals surface area contributed by atoms with Crippen LogP contribution in [0.1, 0.15) is 18.7 Å². The van der Waals surface area contributed by atoms with Gasteiger partial charge >= 0.3 is 5.69 Å². The number of anilines is 2. The summed E-state index contributed by atoms with van der Waals surface area (Å²) in [4.78, 5) is 12.3. The molecule has 0 aliphatic rings. The Bertz CT molecular complexity index is 599. The molecule has 1 aromatic carbocycles. The molecule has 1 aromatic heterocycles. The lowest BCUT2D eigenvalue weighted by Crippen LogP contribution is -2.18. The first-order valence-electron chi connectivity index (χ1n) is 6.92. The molecule has 0 spiro atoms. The summed E-state index contributed by atoms with van der Waals surface area (Å²) in [6.45, 7) is 4.60. The molecule has 21 heavy (non-hydrogen) atoms. The lowest BCUT2D eigenvalue weighted by atomic mass is 10.1. The van der Waals surface area contributed by atoms with E-state index < -0.39 is 0 Å². The van der Waals surface area contributed by atoms with Crippen LogP contribution in [0.5, 0.6) is 0 Å². The van der Waals surface area contributed by atoms with Crippen LogP contribution in [0.4, 0.5) is 17.1 Å². The minimum atomic E-state index is -0.335. The molecule has 2 N–H and O–H groups in total. The van der Waals surface area contributed by atoms with Crippen LogP contribution in [0.15, 0.2) is 35.7 Å². The molecular weight excluding hydrogens is 286 g/mol. The van der Waals surface area contributed by atoms with Crippen molar-refractivity contribution in [1.29, 1.82) is 0 Å². The molecule has 0 radical (unpaired) electrons. The Morgan fingerprint density at radius 3 is 2.67 bits per heavy atom. The lowest BCUT2D eigenvalue weighted by molar-refractivity contribution is -0.383. The molecule has 0 saturated heterocycles. The SMILES string of the molecule is CCNc1cccc(NC(C)Cc2cccs2)c1[N+](=O)[O-]. The van der Waals surface area contributed by atoms with Crippen molar-refractivity contribution in [3.8, 4) is 0 Å². The van der Waals surface area contributed by atoms with Gasteiger partial charge in [0.2, 0.25) is 0 Å². The molecule has 5 nitrogen and oxygen atoms in total. The van der Waals surface area contributed by atoms with Gasteiger partial charge in [-0.2, -0.15) is 0 Å². The average molecular weight is 305 g/mol. The van der Waals surface area contributed by atoms with Gasteiger partial charge in [0.1, 0.15) is 11.4 Å².